The van der Waals surface area contributed by atoms with Gasteiger partial charge in [-0.3, -0.25) is 5.10 Å². The number of carbonyl (C=O) groups excluding carboxylic acids is 1. The van der Waals surface area contributed by atoms with E-state index in [2.05, 4.69) is 20.5 Å². The first-order chi connectivity index (χ1) is 12.3. The molecule has 0 bridgehead atoms. The van der Waals surface area contributed by atoms with Crippen LogP contribution in [0.2, 0.25) is 0 Å². The van der Waals surface area contributed by atoms with Gasteiger partial charge in [-0.25, -0.2) is 9.78 Å². The Hall–Kier alpha value is -2.61. The number of aromatic amines is 1. The molecule has 140 valence electrons. The molecule has 26 heavy (non-hydrogen) atoms. The molecule has 3 rings (SSSR count). The van der Waals surface area contributed by atoms with Crippen LogP contribution in [0.5, 0.6) is 0 Å². The summed E-state index contributed by atoms with van der Waals surface area (Å²) in [5, 5.41) is 10.2. The number of pyridine rings is 1. The van der Waals surface area contributed by atoms with Crippen molar-refractivity contribution in [1.82, 2.24) is 20.1 Å². The topological polar surface area (TPSA) is 92.4 Å². The highest BCUT2D eigenvalue weighted by molar-refractivity contribution is 5.68. The molecule has 1 atom stereocenters. The molecule has 2 N–H and O–H groups in total. The van der Waals surface area contributed by atoms with Gasteiger partial charge in [0, 0.05) is 18.3 Å². The number of anilines is 2. The summed E-state index contributed by atoms with van der Waals surface area (Å²) in [5.41, 5.74) is 1.21. The van der Waals surface area contributed by atoms with Crippen LogP contribution in [0.15, 0.2) is 24.3 Å². The molecule has 8 nitrogen and oxygen atoms in total. The molecular weight excluding hydrogens is 334 g/mol. The first-order valence-electron chi connectivity index (χ1n) is 8.66. The number of hydrogen-bond acceptors (Lipinski definition) is 6. The lowest BCUT2D eigenvalue weighted by molar-refractivity contribution is -0.0446. The summed E-state index contributed by atoms with van der Waals surface area (Å²) in [4.78, 5) is 18.6. The van der Waals surface area contributed by atoms with Gasteiger partial charge >= 0.3 is 6.09 Å². The molecule has 0 saturated carbocycles. The Morgan fingerprint density at radius 3 is 2.88 bits per heavy atom. The summed E-state index contributed by atoms with van der Waals surface area (Å²) in [7, 11) is 0. The van der Waals surface area contributed by atoms with Crippen molar-refractivity contribution < 1.29 is 14.3 Å². The van der Waals surface area contributed by atoms with Crippen LogP contribution in [0.4, 0.5) is 16.4 Å². The standard InChI is InChI=1S/C18H25N5O3/c1-12-10-16(22-21-12)20-15-7-5-6-13(19-15)14-11-23(8-9-25-14)17(24)26-18(2,3)4/h5-7,10,14H,8-9,11H2,1-4H3,(H2,19,20,21,22)/t14-/m1/s1. The summed E-state index contributed by atoms with van der Waals surface area (Å²) < 4.78 is 11.3. The zero-order valence-electron chi connectivity index (χ0n) is 15.6. The van der Waals surface area contributed by atoms with Crippen molar-refractivity contribution in [2.24, 2.45) is 0 Å². The van der Waals surface area contributed by atoms with E-state index >= 15 is 0 Å². The van der Waals surface area contributed by atoms with Gasteiger partial charge in [-0.15, -0.1) is 0 Å². The van der Waals surface area contributed by atoms with Crippen molar-refractivity contribution in [3.8, 4) is 0 Å². The van der Waals surface area contributed by atoms with Crippen molar-refractivity contribution in [1.29, 1.82) is 0 Å². The predicted molar refractivity (Wildman–Crippen MR) is 97.3 cm³/mol. The molecule has 1 fully saturated rings. The largest absolute Gasteiger partial charge is 0.444 e. The number of nitrogens with zero attached hydrogens (tertiary/aromatic N) is 3. The minimum atomic E-state index is -0.519. The van der Waals surface area contributed by atoms with Crippen LogP contribution in [-0.4, -0.2) is 51.5 Å². The Kier molecular flexibility index (Phi) is 5.13. The highest BCUT2D eigenvalue weighted by Crippen LogP contribution is 2.24. The second-order valence-electron chi connectivity index (χ2n) is 7.29. The lowest BCUT2D eigenvalue weighted by Gasteiger charge is -2.34. The van der Waals surface area contributed by atoms with Gasteiger partial charge < -0.3 is 19.7 Å². The van der Waals surface area contributed by atoms with E-state index in [9.17, 15) is 4.79 Å². The van der Waals surface area contributed by atoms with Crippen LogP contribution in [-0.2, 0) is 9.47 Å². The van der Waals surface area contributed by atoms with Crippen molar-refractivity contribution in [3.63, 3.8) is 0 Å². The smallest absolute Gasteiger partial charge is 0.410 e. The number of amides is 1. The fourth-order valence-corrected chi connectivity index (χ4v) is 2.63. The SMILES string of the molecule is Cc1cc(Nc2cccc([C@H]3CN(C(=O)OC(C)(C)C)CCO3)n2)n[nH]1. The van der Waals surface area contributed by atoms with Gasteiger partial charge in [0.15, 0.2) is 5.82 Å². The number of aryl methyl sites for hydroxylation is 1. The maximum Gasteiger partial charge on any atom is 0.410 e. The Morgan fingerprint density at radius 2 is 2.19 bits per heavy atom. The Morgan fingerprint density at radius 1 is 1.38 bits per heavy atom. The van der Waals surface area contributed by atoms with Gasteiger partial charge in [0.2, 0.25) is 0 Å². The number of ether oxygens (including phenoxy) is 2. The molecule has 0 spiro atoms. The fraction of sp³-hybridized carbons (Fsp3) is 0.500. The molecule has 0 radical (unpaired) electrons. The van der Waals surface area contributed by atoms with Crippen molar-refractivity contribution >= 4 is 17.7 Å². The molecule has 2 aromatic rings. The molecule has 1 saturated heterocycles. The van der Waals surface area contributed by atoms with Gasteiger partial charge in [-0.05, 0) is 39.8 Å². The zero-order valence-corrected chi connectivity index (χ0v) is 15.6. The number of morpholine rings is 1. The third-order valence-electron chi connectivity index (χ3n) is 3.78. The number of H-pyrrole nitrogens is 1. The lowest BCUT2D eigenvalue weighted by atomic mass is 10.2. The molecule has 3 heterocycles. The second-order valence-corrected chi connectivity index (χ2v) is 7.29. The van der Waals surface area contributed by atoms with Crippen LogP contribution in [0, 0.1) is 6.92 Å². The van der Waals surface area contributed by atoms with Gasteiger partial charge in [0.05, 0.1) is 18.8 Å². The van der Waals surface area contributed by atoms with Crippen molar-refractivity contribution in [2.45, 2.75) is 39.4 Å². The summed E-state index contributed by atoms with van der Waals surface area (Å²) >= 11 is 0. The molecule has 0 aromatic carbocycles. The Labute approximate surface area is 152 Å². The molecule has 1 aliphatic rings. The quantitative estimate of drug-likeness (QED) is 0.874. The van der Waals surface area contributed by atoms with E-state index in [1.807, 2.05) is 52.0 Å². The third kappa shape index (κ3) is 4.72. The average Bonchev–Trinajstić information content (AvgIpc) is 2.98. The molecule has 1 amide bonds. The van der Waals surface area contributed by atoms with E-state index in [1.54, 1.807) is 4.90 Å². The van der Waals surface area contributed by atoms with Gasteiger partial charge in [-0.1, -0.05) is 6.07 Å². The van der Waals surface area contributed by atoms with E-state index in [0.29, 0.717) is 31.3 Å². The van der Waals surface area contributed by atoms with Crippen LogP contribution >= 0.6 is 0 Å². The second kappa shape index (κ2) is 7.33. The first-order valence-corrected chi connectivity index (χ1v) is 8.66. The number of hydrogen-bond donors (Lipinski definition) is 2. The monoisotopic (exact) mass is 359 g/mol. The van der Waals surface area contributed by atoms with E-state index in [1.165, 1.54) is 0 Å². The summed E-state index contributed by atoms with van der Waals surface area (Å²) in [6.45, 7) is 8.87. The maximum absolute atomic E-state index is 12.3. The zero-order chi connectivity index (χ0) is 18.7. The van der Waals surface area contributed by atoms with Crippen LogP contribution in [0.1, 0.15) is 38.3 Å². The maximum atomic E-state index is 12.3. The molecular formula is C18H25N5O3. The van der Waals surface area contributed by atoms with E-state index in [4.69, 9.17) is 9.47 Å². The molecule has 0 aliphatic carbocycles. The Balaban J connectivity index is 1.68. The summed E-state index contributed by atoms with van der Waals surface area (Å²) in [6.07, 6.45) is -0.619. The highest BCUT2D eigenvalue weighted by atomic mass is 16.6. The molecule has 1 aliphatic heterocycles. The predicted octanol–water partition coefficient (Wildman–Crippen LogP) is 3.17. The van der Waals surface area contributed by atoms with E-state index in [-0.39, 0.29) is 12.2 Å². The van der Waals surface area contributed by atoms with Crippen LogP contribution in [0.25, 0.3) is 0 Å². The van der Waals surface area contributed by atoms with Crippen LogP contribution < -0.4 is 5.32 Å². The Bertz CT molecular complexity index is 768. The minimum absolute atomic E-state index is 0.293. The molecule has 2 aromatic heterocycles. The number of carbonyl (C=O) groups is 1. The third-order valence-corrected chi connectivity index (χ3v) is 3.78. The van der Waals surface area contributed by atoms with Crippen molar-refractivity contribution in [3.05, 3.63) is 35.7 Å². The number of rotatable bonds is 3. The fourth-order valence-electron chi connectivity index (χ4n) is 2.63. The van der Waals surface area contributed by atoms with Crippen molar-refractivity contribution in [2.75, 3.05) is 25.0 Å². The summed E-state index contributed by atoms with van der Waals surface area (Å²) in [6, 6.07) is 7.56. The minimum Gasteiger partial charge on any atom is -0.444 e. The van der Waals surface area contributed by atoms with Crippen LogP contribution in [0.3, 0.4) is 0 Å². The first kappa shape index (κ1) is 18.2. The number of nitrogens with one attached hydrogen (secondary N) is 2. The van der Waals surface area contributed by atoms with Gasteiger partial charge in [0.1, 0.15) is 17.5 Å². The highest BCUT2D eigenvalue weighted by Gasteiger charge is 2.29. The van der Waals surface area contributed by atoms with E-state index < -0.39 is 5.60 Å². The van der Waals surface area contributed by atoms with E-state index in [0.717, 1.165) is 11.4 Å². The number of aromatic nitrogens is 3. The average molecular weight is 359 g/mol. The normalized spacial score (nSPS) is 17.8. The summed E-state index contributed by atoms with van der Waals surface area (Å²) in [5.74, 6) is 1.37. The van der Waals surface area contributed by atoms with Gasteiger partial charge in [-0.2, -0.15) is 5.10 Å². The van der Waals surface area contributed by atoms with Gasteiger partial charge in [0.25, 0.3) is 0 Å². The molecule has 0 unspecified atom stereocenters. The molecule has 8 heteroatoms. The lowest BCUT2D eigenvalue weighted by Crippen LogP contribution is -2.44.